The fourth-order valence-corrected chi connectivity index (χ4v) is 4.05. The monoisotopic (exact) mass is 358 g/mol. The van der Waals surface area contributed by atoms with Crippen molar-refractivity contribution >= 4 is 17.8 Å². The molecular weight excluding hydrogens is 336 g/mol. The van der Waals surface area contributed by atoms with Gasteiger partial charge in [-0.3, -0.25) is 0 Å². The molecule has 0 N–H and O–H groups in total. The molecule has 2 aliphatic rings. The third kappa shape index (κ3) is 3.42. The van der Waals surface area contributed by atoms with Crippen LogP contribution in [0.15, 0.2) is 94.0 Å². The SMILES string of the molecule is CC(C)(C)c1ccc2c(c1)SC1=C(C=C/C1=C\C=C\c1ccccc1)O2. The van der Waals surface area contributed by atoms with E-state index >= 15 is 0 Å². The molecule has 0 amide bonds. The summed E-state index contributed by atoms with van der Waals surface area (Å²) in [5.41, 5.74) is 3.86. The maximum atomic E-state index is 6.13. The predicted molar refractivity (Wildman–Crippen MR) is 111 cm³/mol. The summed E-state index contributed by atoms with van der Waals surface area (Å²) < 4.78 is 6.13. The number of rotatable bonds is 2. The molecule has 1 heterocycles. The molecule has 0 saturated heterocycles. The molecule has 2 aromatic carbocycles. The molecule has 2 heteroatoms. The van der Waals surface area contributed by atoms with Crippen LogP contribution in [0.4, 0.5) is 0 Å². The third-order valence-electron chi connectivity index (χ3n) is 4.51. The van der Waals surface area contributed by atoms with Crippen LogP contribution in [0.1, 0.15) is 31.9 Å². The minimum atomic E-state index is 0.134. The van der Waals surface area contributed by atoms with E-state index < -0.39 is 0 Å². The van der Waals surface area contributed by atoms with E-state index in [9.17, 15) is 0 Å². The lowest BCUT2D eigenvalue weighted by Gasteiger charge is -2.24. The molecule has 26 heavy (non-hydrogen) atoms. The van der Waals surface area contributed by atoms with E-state index in [4.69, 9.17) is 4.74 Å². The standard InChI is InChI=1S/C24H22OS/c1-24(2,3)19-13-15-20-22(16-19)26-23-18(12-14-21(23)25-20)11-7-10-17-8-5-4-6-9-17/h4-16H,1-3H3/b10-7+,18-11+. The van der Waals surface area contributed by atoms with Gasteiger partial charge in [-0.15, -0.1) is 0 Å². The average molecular weight is 359 g/mol. The lowest BCUT2D eigenvalue weighted by Crippen LogP contribution is -2.11. The highest BCUT2D eigenvalue weighted by Gasteiger charge is 2.26. The van der Waals surface area contributed by atoms with E-state index in [1.807, 2.05) is 6.07 Å². The molecule has 4 rings (SSSR count). The van der Waals surface area contributed by atoms with Gasteiger partial charge in [0, 0.05) is 0 Å². The van der Waals surface area contributed by atoms with Crippen LogP contribution in [-0.4, -0.2) is 0 Å². The molecule has 1 nitrogen and oxygen atoms in total. The Balaban J connectivity index is 1.58. The molecule has 130 valence electrons. The Morgan fingerprint density at radius 2 is 1.77 bits per heavy atom. The van der Waals surface area contributed by atoms with Gasteiger partial charge < -0.3 is 4.74 Å². The highest BCUT2D eigenvalue weighted by atomic mass is 32.2. The van der Waals surface area contributed by atoms with Crippen molar-refractivity contribution in [3.63, 3.8) is 0 Å². The first-order valence-corrected chi connectivity index (χ1v) is 9.69. The van der Waals surface area contributed by atoms with Gasteiger partial charge in [0.25, 0.3) is 0 Å². The summed E-state index contributed by atoms with van der Waals surface area (Å²) in [6.07, 6.45) is 10.6. The van der Waals surface area contributed by atoms with Gasteiger partial charge in [-0.05, 0) is 46.4 Å². The second-order valence-corrected chi connectivity index (χ2v) is 8.59. The number of hydrogen-bond acceptors (Lipinski definition) is 2. The van der Waals surface area contributed by atoms with Crippen LogP contribution < -0.4 is 4.74 Å². The number of allylic oxidation sites excluding steroid dienone is 5. The molecule has 0 bridgehead atoms. The Hall–Kier alpha value is -2.45. The highest BCUT2D eigenvalue weighted by molar-refractivity contribution is 8.03. The molecule has 0 unspecified atom stereocenters. The van der Waals surface area contributed by atoms with Gasteiger partial charge in [-0.25, -0.2) is 0 Å². The summed E-state index contributed by atoms with van der Waals surface area (Å²) in [6, 6.07) is 16.9. The van der Waals surface area contributed by atoms with Crippen molar-refractivity contribution in [1.29, 1.82) is 0 Å². The lowest BCUT2D eigenvalue weighted by molar-refractivity contribution is 0.430. The summed E-state index contributed by atoms with van der Waals surface area (Å²) in [5, 5.41) is 0. The zero-order chi connectivity index (χ0) is 18.1. The molecule has 0 atom stereocenters. The maximum absolute atomic E-state index is 6.13. The average Bonchev–Trinajstić information content (AvgIpc) is 3.01. The van der Waals surface area contributed by atoms with E-state index in [0.29, 0.717) is 0 Å². The van der Waals surface area contributed by atoms with Crippen molar-refractivity contribution in [3.05, 3.63) is 100 Å². The summed E-state index contributed by atoms with van der Waals surface area (Å²) in [6.45, 7) is 6.72. The molecule has 0 spiro atoms. The van der Waals surface area contributed by atoms with Crippen LogP contribution in [0.5, 0.6) is 5.75 Å². The Morgan fingerprint density at radius 3 is 2.54 bits per heavy atom. The Kier molecular flexibility index (Phi) is 4.37. The minimum Gasteiger partial charge on any atom is -0.455 e. The summed E-state index contributed by atoms with van der Waals surface area (Å²) in [7, 11) is 0. The second kappa shape index (κ2) is 6.69. The van der Waals surface area contributed by atoms with Crippen molar-refractivity contribution < 1.29 is 4.74 Å². The zero-order valence-corrected chi connectivity index (χ0v) is 16.1. The van der Waals surface area contributed by atoms with Crippen molar-refractivity contribution in [2.75, 3.05) is 0 Å². The minimum absolute atomic E-state index is 0.134. The Bertz CT molecular complexity index is 953. The van der Waals surface area contributed by atoms with Crippen LogP contribution in [0.25, 0.3) is 6.08 Å². The van der Waals surface area contributed by atoms with Crippen LogP contribution in [0.3, 0.4) is 0 Å². The summed E-state index contributed by atoms with van der Waals surface area (Å²) in [4.78, 5) is 2.39. The summed E-state index contributed by atoms with van der Waals surface area (Å²) in [5.74, 6) is 1.90. The first kappa shape index (κ1) is 17.0. The van der Waals surface area contributed by atoms with Crippen LogP contribution >= 0.6 is 11.8 Å². The van der Waals surface area contributed by atoms with Gasteiger partial charge in [0.2, 0.25) is 0 Å². The molecule has 0 aromatic heterocycles. The van der Waals surface area contributed by atoms with Gasteiger partial charge in [-0.1, -0.05) is 87.2 Å². The number of fused-ring (bicyclic) bond motifs is 1. The number of benzene rings is 2. The van der Waals surface area contributed by atoms with Gasteiger partial charge in [0.15, 0.2) is 0 Å². The molecule has 2 aromatic rings. The van der Waals surface area contributed by atoms with Gasteiger partial charge >= 0.3 is 0 Å². The van der Waals surface area contributed by atoms with Crippen LogP contribution in [-0.2, 0) is 5.41 Å². The van der Waals surface area contributed by atoms with E-state index in [-0.39, 0.29) is 5.41 Å². The molecule has 0 saturated carbocycles. The fourth-order valence-electron chi connectivity index (χ4n) is 2.97. The smallest absolute Gasteiger partial charge is 0.142 e. The van der Waals surface area contributed by atoms with Gasteiger partial charge in [-0.2, -0.15) is 0 Å². The second-order valence-electron chi connectivity index (χ2n) is 7.53. The quantitative estimate of drug-likeness (QED) is 0.578. The predicted octanol–water partition coefficient (Wildman–Crippen LogP) is 6.89. The normalized spacial score (nSPS) is 17.6. The van der Waals surface area contributed by atoms with E-state index in [1.54, 1.807) is 11.8 Å². The highest BCUT2D eigenvalue weighted by Crippen LogP contribution is 2.48. The van der Waals surface area contributed by atoms with Crippen molar-refractivity contribution in [1.82, 2.24) is 0 Å². The topological polar surface area (TPSA) is 9.23 Å². The molecule has 0 fully saturated rings. The third-order valence-corrected chi connectivity index (χ3v) is 5.69. The zero-order valence-electron chi connectivity index (χ0n) is 15.3. The van der Waals surface area contributed by atoms with Crippen LogP contribution in [0, 0.1) is 0 Å². The number of ether oxygens (including phenoxy) is 1. The number of hydrogen-bond donors (Lipinski definition) is 0. The van der Waals surface area contributed by atoms with E-state index in [0.717, 1.165) is 11.5 Å². The first-order valence-electron chi connectivity index (χ1n) is 8.87. The fraction of sp³-hybridized carbons (Fsp3) is 0.167. The Labute approximate surface area is 159 Å². The largest absolute Gasteiger partial charge is 0.455 e. The first-order chi connectivity index (χ1) is 12.5. The molecule has 1 aliphatic heterocycles. The van der Waals surface area contributed by atoms with Gasteiger partial charge in [0.1, 0.15) is 11.5 Å². The van der Waals surface area contributed by atoms with Crippen molar-refractivity contribution in [3.8, 4) is 5.75 Å². The van der Waals surface area contributed by atoms with E-state index in [1.165, 1.54) is 26.5 Å². The van der Waals surface area contributed by atoms with Crippen molar-refractivity contribution in [2.45, 2.75) is 31.1 Å². The maximum Gasteiger partial charge on any atom is 0.142 e. The van der Waals surface area contributed by atoms with E-state index in [2.05, 4.69) is 93.6 Å². The van der Waals surface area contributed by atoms with Crippen molar-refractivity contribution in [2.24, 2.45) is 0 Å². The van der Waals surface area contributed by atoms with Crippen LogP contribution in [0.2, 0.25) is 0 Å². The van der Waals surface area contributed by atoms with Gasteiger partial charge in [0.05, 0.1) is 9.80 Å². The molecule has 1 aliphatic carbocycles. The number of thioether (sulfide) groups is 1. The lowest BCUT2D eigenvalue weighted by atomic mass is 9.87. The molecular formula is C24H22OS. The summed E-state index contributed by atoms with van der Waals surface area (Å²) >= 11 is 1.80. The molecule has 0 radical (unpaired) electrons. The Morgan fingerprint density at radius 1 is 0.962 bits per heavy atom.